The number of nitrogens with one attached hydrogen (secondary N) is 3. The number of allylic oxidation sites excluding steroid dienone is 5. The third-order valence-electron chi connectivity index (χ3n) is 6.06. The average Bonchev–Trinajstić information content (AvgIpc) is 2.87. The number of hydrogen-bond donors (Lipinski definition) is 5. The van der Waals surface area contributed by atoms with Gasteiger partial charge in [0.15, 0.2) is 0 Å². The van der Waals surface area contributed by atoms with E-state index in [0.717, 1.165) is 50.6 Å². The molecule has 6 bridgehead atoms. The minimum atomic E-state index is -0.123. The van der Waals surface area contributed by atoms with E-state index in [-0.39, 0.29) is 19.3 Å². The van der Waals surface area contributed by atoms with Crippen LogP contribution in [0.25, 0.3) is 12.2 Å². The van der Waals surface area contributed by atoms with E-state index in [4.69, 9.17) is 10.2 Å². The van der Waals surface area contributed by atoms with Crippen LogP contribution in [0.3, 0.4) is 0 Å². The number of dihydropyridines is 1. The molecule has 5 rings (SSSR count). The average molecular weight is 460 g/mol. The van der Waals surface area contributed by atoms with E-state index in [0.29, 0.717) is 13.1 Å². The number of hydrazone groups is 2. The Kier molecular flexibility index (Phi) is 5.95. The van der Waals surface area contributed by atoms with Gasteiger partial charge in [-0.2, -0.15) is 10.2 Å². The van der Waals surface area contributed by atoms with E-state index < -0.39 is 0 Å². The van der Waals surface area contributed by atoms with Gasteiger partial charge in [-0.1, -0.05) is 24.3 Å². The van der Waals surface area contributed by atoms with Crippen LogP contribution in [0, 0.1) is 0 Å². The fourth-order valence-corrected chi connectivity index (χ4v) is 4.28. The van der Waals surface area contributed by atoms with E-state index in [2.05, 4.69) is 28.1 Å². The molecule has 4 aliphatic heterocycles. The molecule has 176 valence electrons. The van der Waals surface area contributed by atoms with Crippen molar-refractivity contribution in [3.63, 3.8) is 0 Å². The highest BCUT2D eigenvalue weighted by molar-refractivity contribution is 6.00. The highest BCUT2D eigenvalue weighted by atomic mass is 16.3. The first-order chi connectivity index (χ1) is 16.6. The van der Waals surface area contributed by atoms with Crippen LogP contribution in [0.15, 0.2) is 70.1 Å². The van der Waals surface area contributed by atoms with Gasteiger partial charge in [-0.3, -0.25) is 0 Å². The predicted octanol–water partition coefficient (Wildman–Crippen LogP) is 0.547. The maximum atomic E-state index is 9.73. The zero-order chi connectivity index (χ0) is 23.7. The number of hydrogen-bond acceptors (Lipinski definition) is 9. The molecule has 1 aromatic rings. The molecule has 34 heavy (non-hydrogen) atoms. The highest BCUT2D eigenvalue weighted by Gasteiger charge is 2.22. The summed E-state index contributed by atoms with van der Waals surface area (Å²) in [5.41, 5.74) is 4.36. The number of anilines is 2. The molecule has 0 radical (unpaired) electrons. The molecule has 0 aliphatic carbocycles. The summed E-state index contributed by atoms with van der Waals surface area (Å²) in [5, 5.41) is 45.3. The maximum Gasteiger partial charge on any atom is 0.127 e. The smallest absolute Gasteiger partial charge is 0.127 e. The number of β-amino-alcohol motifs (C(OH)–C–C–N with tert-alkyl or cyclic N) is 2. The topological polar surface area (TPSA) is 108 Å². The number of nitrogens with zero attached hydrogens (tertiary/aromatic N) is 4. The van der Waals surface area contributed by atoms with Gasteiger partial charge in [-0.05, 0) is 44.2 Å². The van der Waals surface area contributed by atoms with E-state index in [1.807, 2.05) is 56.4 Å². The van der Waals surface area contributed by atoms with Crippen LogP contribution in [-0.2, 0) is 0 Å². The van der Waals surface area contributed by atoms with Crippen molar-refractivity contribution < 1.29 is 10.2 Å². The van der Waals surface area contributed by atoms with Gasteiger partial charge in [0, 0.05) is 10.4 Å². The molecule has 0 spiro atoms. The van der Waals surface area contributed by atoms with Crippen LogP contribution in [-0.4, -0.2) is 64.0 Å². The minimum absolute atomic E-state index is 0.0323. The normalized spacial score (nSPS) is 20.6. The Morgan fingerprint density at radius 2 is 1.41 bits per heavy atom. The van der Waals surface area contributed by atoms with Crippen LogP contribution in [0.2, 0.25) is 0 Å². The van der Waals surface area contributed by atoms with Crippen LogP contribution in [0.1, 0.15) is 13.8 Å². The quantitative estimate of drug-likeness (QED) is 0.448. The zero-order valence-electron chi connectivity index (χ0n) is 19.3. The first kappa shape index (κ1) is 22.0. The molecular formula is C25H29N7O2. The fraction of sp³-hybridized carbons (Fsp3) is 0.280. The second kappa shape index (κ2) is 9.20. The molecule has 1 unspecified atom stereocenters. The van der Waals surface area contributed by atoms with Gasteiger partial charge >= 0.3 is 0 Å². The summed E-state index contributed by atoms with van der Waals surface area (Å²) in [4.78, 5) is 0. The summed E-state index contributed by atoms with van der Waals surface area (Å²) in [7, 11) is 0. The highest BCUT2D eigenvalue weighted by Crippen LogP contribution is 2.25. The third-order valence-corrected chi connectivity index (χ3v) is 6.06. The van der Waals surface area contributed by atoms with E-state index in [1.165, 1.54) is 0 Å². The van der Waals surface area contributed by atoms with Crippen molar-refractivity contribution in [2.75, 3.05) is 36.9 Å². The van der Waals surface area contributed by atoms with Crippen LogP contribution >= 0.6 is 0 Å². The van der Waals surface area contributed by atoms with Gasteiger partial charge < -0.3 is 26.2 Å². The maximum absolute atomic E-state index is 9.73. The second-order valence-electron chi connectivity index (χ2n) is 8.39. The van der Waals surface area contributed by atoms with E-state index >= 15 is 0 Å². The Labute approximate surface area is 198 Å². The molecule has 1 aromatic carbocycles. The Hall–Kier alpha value is -3.82. The summed E-state index contributed by atoms with van der Waals surface area (Å²) in [6.07, 6.45) is 14.0. The Balaban J connectivity index is 1.67. The standard InChI is InChI=1S/C25H29N7O2/c1-16-20-4-3-5-21(26-20)17(2)30-32(13-15-34)23-11-9-19-7-6-18-8-10-22(31(29-16)12-14-33)27-24(18)25(19)28-23/h3-11,20,26-28,33-34H,12-15H2,1-2H3. The van der Waals surface area contributed by atoms with Crippen molar-refractivity contribution in [1.29, 1.82) is 0 Å². The lowest BCUT2D eigenvalue weighted by molar-refractivity contribution is 0.231. The van der Waals surface area contributed by atoms with Crippen LogP contribution in [0.5, 0.6) is 0 Å². The van der Waals surface area contributed by atoms with Gasteiger partial charge in [0.05, 0.1) is 60.8 Å². The molecule has 4 aliphatic rings. The van der Waals surface area contributed by atoms with Crippen molar-refractivity contribution in [2.45, 2.75) is 19.9 Å². The van der Waals surface area contributed by atoms with Crippen LogP contribution in [0.4, 0.5) is 11.4 Å². The lowest BCUT2D eigenvalue weighted by Crippen LogP contribution is -2.39. The summed E-state index contributed by atoms with van der Waals surface area (Å²) in [5.74, 6) is 1.54. The van der Waals surface area contributed by atoms with E-state index in [1.54, 1.807) is 10.0 Å². The first-order valence-corrected chi connectivity index (χ1v) is 11.4. The van der Waals surface area contributed by atoms with Crippen molar-refractivity contribution in [2.24, 2.45) is 10.2 Å². The number of fused-ring (bicyclic) bond motifs is 4. The van der Waals surface area contributed by atoms with Crippen LogP contribution < -0.4 is 26.4 Å². The molecule has 0 saturated heterocycles. The Morgan fingerprint density at radius 1 is 0.824 bits per heavy atom. The molecule has 4 heterocycles. The molecule has 0 aromatic heterocycles. The number of benzene rings is 1. The van der Waals surface area contributed by atoms with Crippen molar-refractivity contribution >= 4 is 35.0 Å². The van der Waals surface area contributed by atoms with Crippen molar-refractivity contribution in [3.8, 4) is 0 Å². The minimum Gasteiger partial charge on any atom is -0.394 e. The lowest BCUT2D eigenvalue weighted by atomic mass is 10.1. The predicted molar refractivity (Wildman–Crippen MR) is 136 cm³/mol. The molecule has 9 nitrogen and oxygen atoms in total. The monoisotopic (exact) mass is 459 g/mol. The number of aliphatic hydroxyl groups is 2. The summed E-state index contributed by atoms with van der Waals surface area (Å²) in [6, 6.07) is 4.02. The molecule has 0 amide bonds. The number of aliphatic hydroxyl groups excluding tert-OH is 2. The van der Waals surface area contributed by atoms with Gasteiger partial charge in [0.1, 0.15) is 11.6 Å². The molecule has 0 saturated carbocycles. The summed E-state index contributed by atoms with van der Waals surface area (Å²) in [6.45, 7) is 4.53. The largest absolute Gasteiger partial charge is 0.394 e. The fourth-order valence-electron chi connectivity index (χ4n) is 4.28. The molecule has 9 heteroatoms. The van der Waals surface area contributed by atoms with Gasteiger partial charge in [0.2, 0.25) is 0 Å². The molecule has 5 N–H and O–H groups in total. The van der Waals surface area contributed by atoms with Gasteiger partial charge in [-0.15, -0.1) is 0 Å². The van der Waals surface area contributed by atoms with Gasteiger partial charge in [0.25, 0.3) is 0 Å². The Morgan fingerprint density at radius 3 is 2.00 bits per heavy atom. The molecular weight excluding hydrogens is 430 g/mol. The lowest BCUT2D eigenvalue weighted by Gasteiger charge is -2.29. The zero-order valence-corrected chi connectivity index (χ0v) is 19.3. The second-order valence-corrected chi connectivity index (χ2v) is 8.39. The molecule has 1 atom stereocenters. The first-order valence-electron chi connectivity index (χ1n) is 11.4. The SMILES string of the molecule is CC1=NN(CCO)C2=CC=c3ccc4c(c3N2)NC(=CC=4)N(CCO)N=C(C)C2C=CC=C1N2. The van der Waals surface area contributed by atoms with Gasteiger partial charge in [-0.25, -0.2) is 10.0 Å². The van der Waals surface area contributed by atoms with Crippen molar-refractivity contribution in [3.05, 3.63) is 70.3 Å². The number of rotatable bonds is 4. The third kappa shape index (κ3) is 4.11. The molecule has 0 fully saturated rings. The Bertz CT molecular complexity index is 1300. The summed E-state index contributed by atoms with van der Waals surface area (Å²) >= 11 is 0. The van der Waals surface area contributed by atoms with Crippen molar-refractivity contribution in [1.82, 2.24) is 15.3 Å². The summed E-state index contributed by atoms with van der Waals surface area (Å²) < 4.78 is 0. The van der Waals surface area contributed by atoms with E-state index in [9.17, 15) is 10.2 Å².